The largest absolute Gasteiger partial charge is 0.496 e. The van der Waals surface area contributed by atoms with E-state index in [-0.39, 0.29) is 5.38 Å². The molecule has 2 aromatic rings. The van der Waals surface area contributed by atoms with Crippen LogP contribution in [0.4, 0.5) is 0 Å². The van der Waals surface area contributed by atoms with Crippen LogP contribution in [0, 0.1) is 17.8 Å². The van der Waals surface area contributed by atoms with Gasteiger partial charge in [-0.1, -0.05) is 30.3 Å². The highest BCUT2D eigenvalue weighted by molar-refractivity contribution is 6.22. The number of alkyl halides is 1. The van der Waals surface area contributed by atoms with Gasteiger partial charge in [-0.05, 0) is 54.0 Å². The molecule has 104 valence electrons. The summed E-state index contributed by atoms with van der Waals surface area (Å²) in [6, 6.07) is 12.6. The second-order valence-electron chi connectivity index (χ2n) is 6.29. The SMILES string of the molecule is COc1ccc(C(Cl)C2CC3CC3C2)c2ccccc12. The summed E-state index contributed by atoms with van der Waals surface area (Å²) in [5.74, 6) is 3.54. The van der Waals surface area contributed by atoms with Crippen LogP contribution in [0.25, 0.3) is 10.8 Å². The van der Waals surface area contributed by atoms with Gasteiger partial charge in [0, 0.05) is 5.39 Å². The molecular weight excluding hydrogens is 268 g/mol. The van der Waals surface area contributed by atoms with Gasteiger partial charge in [0.25, 0.3) is 0 Å². The Hall–Kier alpha value is -1.21. The van der Waals surface area contributed by atoms with Crippen molar-refractivity contribution >= 4 is 22.4 Å². The molecule has 0 radical (unpaired) electrons. The maximum atomic E-state index is 6.83. The minimum absolute atomic E-state index is 0.138. The molecule has 0 aromatic heterocycles. The van der Waals surface area contributed by atoms with E-state index in [9.17, 15) is 0 Å². The summed E-state index contributed by atoms with van der Waals surface area (Å²) in [7, 11) is 1.73. The molecule has 0 spiro atoms. The summed E-state index contributed by atoms with van der Waals surface area (Å²) < 4.78 is 5.47. The molecule has 2 aromatic carbocycles. The van der Waals surface area contributed by atoms with Crippen molar-refractivity contribution in [2.75, 3.05) is 7.11 Å². The average Bonchev–Trinajstić information content (AvgIpc) is 3.11. The van der Waals surface area contributed by atoms with E-state index in [0.29, 0.717) is 5.92 Å². The minimum Gasteiger partial charge on any atom is -0.496 e. The van der Waals surface area contributed by atoms with Crippen LogP contribution >= 0.6 is 11.6 Å². The van der Waals surface area contributed by atoms with Gasteiger partial charge in [-0.3, -0.25) is 0 Å². The quantitative estimate of drug-likeness (QED) is 0.707. The van der Waals surface area contributed by atoms with Crippen molar-refractivity contribution in [1.82, 2.24) is 0 Å². The Kier molecular flexibility index (Phi) is 2.92. The van der Waals surface area contributed by atoms with Crippen LogP contribution in [0.5, 0.6) is 5.75 Å². The van der Waals surface area contributed by atoms with E-state index in [1.54, 1.807) is 7.11 Å². The summed E-state index contributed by atoms with van der Waals surface area (Å²) in [6.07, 6.45) is 4.09. The van der Waals surface area contributed by atoms with Crippen LogP contribution in [0.2, 0.25) is 0 Å². The fourth-order valence-electron chi connectivity index (χ4n) is 3.97. The molecule has 0 heterocycles. The van der Waals surface area contributed by atoms with E-state index < -0.39 is 0 Å². The number of halogens is 1. The summed E-state index contributed by atoms with van der Waals surface area (Å²) >= 11 is 6.83. The number of methoxy groups -OCH3 is 1. The first kappa shape index (κ1) is 12.5. The van der Waals surface area contributed by atoms with Gasteiger partial charge in [-0.2, -0.15) is 0 Å². The predicted molar refractivity (Wildman–Crippen MR) is 83.4 cm³/mol. The smallest absolute Gasteiger partial charge is 0.126 e. The van der Waals surface area contributed by atoms with Crippen LogP contribution in [-0.2, 0) is 0 Å². The van der Waals surface area contributed by atoms with Gasteiger partial charge in [-0.25, -0.2) is 0 Å². The molecule has 2 aliphatic rings. The van der Waals surface area contributed by atoms with E-state index >= 15 is 0 Å². The van der Waals surface area contributed by atoms with E-state index in [0.717, 1.165) is 17.6 Å². The molecular formula is C18H19ClO. The lowest BCUT2D eigenvalue weighted by Crippen LogP contribution is -2.06. The van der Waals surface area contributed by atoms with E-state index in [1.807, 2.05) is 0 Å². The van der Waals surface area contributed by atoms with Crippen LogP contribution in [0.1, 0.15) is 30.2 Å². The first-order valence-corrected chi connectivity index (χ1v) is 7.91. The number of fused-ring (bicyclic) bond motifs is 2. The third kappa shape index (κ3) is 1.91. The van der Waals surface area contributed by atoms with E-state index in [2.05, 4.69) is 36.4 Å². The van der Waals surface area contributed by atoms with Gasteiger partial charge >= 0.3 is 0 Å². The molecule has 0 amide bonds. The Morgan fingerprint density at radius 1 is 1.00 bits per heavy atom. The van der Waals surface area contributed by atoms with Crippen molar-refractivity contribution in [2.24, 2.45) is 17.8 Å². The molecule has 0 saturated heterocycles. The third-order valence-electron chi connectivity index (χ3n) is 5.13. The van der Waals surface area contributed by atoms with Gasteiger partial charge < -0.3 is 4.74 Å². The molecule has 3 unspecified atom stereocenters. The summed E-state index contributed by atoms with van der Waals surface area (Å²) in [5, 5.41) is 2.55. The molecule has 1 nitrogen and oxygen atoms in total. The fraction of sp³-hybridized carbons (Fsp3) is 0.444. The number of benzene rings is 2. The van der Waals surface area contributed by atoms with Crippen LogP contribution in [-0.4, -0.2) is 7.11 Å². The molecule has 0 N–H and O–H groups in total. The third-order valence-corrected chi connectivity index (χ3v) is 5.72. The van der Waals surface area contributed by atoms with Crippen molar-refractivity contribution in [3.8, 4) is 5.75 Å². The topological polar surface area (TPSA) is 9.23 Å². The van der Waals surface area contributed by atoms with Crippen LogP contribution in [0.3, 0.4) is 0 Å². The first-order chi connectivity index (χ1) is 9.78. The Morgan fingerprint density at radius 2 is 1.70 bits per heavy atom. The van der Waals surface area contributed by atoms with Crippen LogP contribution < -0.4 is 4.74 Å². The predicted octanol–water partition coefficient (Wildman–Crippen LogP) is 5.17. The molecule has 2 saturated carbocycles. The van der Waals surface area contributed by atoms with Crippen molar-refractivity contribution in [3.63, 3.8) is 0 Å². The zero-order valence-corrected chi connectivity index (χ0v) is 12.4. The zero-order valence-electron chi connectivity index (χ0n) is 11.7. The van der Waals surface area contributed by atoms with Gasteiger partial charge in [-0.15, -0.1) is 11.6 Å². The highest BCUT2D eigenvalue weighted by Gasteiger charge is 2.47. The Bertz CT molecular complexity index is 641. The Labute approximate surface area is 124 Å². The van der Waals surface area contributed by atoms with Crippen molar-refractivity contribution in [3.05, 3.63) is 42.0 Å². The van der Waals surface area contributed by atoms with E-state index in [4.69, 9.17) is 16.3 Å². The normalized spacial score (nSPS) is 29.2. The van der Waals surface area contributed by atoms with Gasteiger partial charge in [0.15, 0.2) is 0 Å². The number of rotatable bonds is 3. The molecule has 2 fully saturated rings. The summed E-state index contributed by atoms with van der Waals surface area (Å²) in [5.41, 5.74) is 1.27. The monoisotopic (exact) mass is 286 g/mol. The van der Waals surface area contributed by atoms with Gasteiger partial charge in [0.2, 0.25) is 0 Å². The lowest BCUT2D eigenvalue weighted by molar-refractivity contribution is 0.419. The minimum atomic E-state index is 0.138. The molecule has 0 aliphatic heterocycles. The Morgan fingerprint density at radius 3 is 2.40 bits per heavy atom. The first-order valence-electron chi connectivity index (χ1n) is 7.47. The van der Waals surface area contributed by atoms with Gasteiger partial charge in [0.05, 0.1) is 12.5 Å². The maximum Gasteiger partial charge on any atom is 0.126 e. The second kappa shape index (κ2) is 4.66. The van der Waals surface area contributed by atoms with Crippen molar-refractivity contribution in [2.45, 2.75) is 24.6 Å². The number of hydrogen-bond donors (Lipinski definition) is 0. The standard InChI is InChI=1S/C18H19ClO/c1-20-17-7-6-16(14-4-2-3-5-15(14)17)18(19)13-9-11-8-12(11)10-13/h2-7,11-13,18H,8-10H2,1H3. The Balaban J connectivity index is 1.75. The molecule has 3 atom stereocenters. The fourth-order valence-corrected chi connectivity index (χ4v) is 4.36. The highest BCUT2D eigenvalue weighted by atomic mass is 35.5. The van der Waals surface area contributed by atoms with E-state index in [1.165, 1.54) is 35.6 Å². The van der Waals surface area contributed by atoms with Crippen molar-refractivity contribution in [1.29, 1.82) is 0 Å². The lowest BCUT2D eigenvalue weighted by Gasteiger charge is -2.21. The molecule has 2 heteroatoms. The lowest BCUT2D eigenvalue weighted by atomic mass is 9.91. The summed E-state index contributed by atoms with van der Waals surface area (Å²) in [6.45, 7) is 0. The van der Waals surface area contributed by atoms with Crippen molar-refractivity contribution < 1.29 is 4.74 Å². The molecule has 0 bridgehead atoms. The molecule has 20 heavy (non-hydrogen) atoms. The summed E-state index contributed by atoms with van der Waals surface area (Å²) in [4.78, 5) is 0. The number of hydrogen-bond acceptors (Lipinski definition) is 1. The molecule has 2 aliphatic carbocycles. The average molecular weight is 287 g/mol. The maximum absolute atomic E-state index is 6.83. The second-order valence-corrected chi connectivity index (χ2v) is 6.76. The molecule has 4 rings (SSSR count). The van der Waals surface area contributed by atoms with Crippen LogP contribution in [0.15, 0.2) is 36.4 Å². The van der Waals surface area contributed by atoms with Gasteiger partial charge in [0.1, 0.15) is 5.75 Å². The number of ether oxygens (including phenoxy) is 1. The highest BCUT2D eigenvalue weighted by Crippen LogP contribution is 2.58. The zero-order chi connectivity index (χ0) is 13.7.